The summed E-state index contributed by atoms with van der Waals surface area (Å²) < 4.78 is 50.8. The van der Waals surface area contributed by atoms with Gasteiger partial charge in [0.1, 0.15) is 10.7 Å². The van der Waals surface area contributed by atoms with E-state index in [9.17, 15) is 27.1 Å². The molecule has 1 aliphatic rings. The Morgan fingerprint density at radius 1 is 1.39 bits per heavy atom. The lowest BCUT2D eigenvalue weighted by Gasteiger charge is -2.20. The van der Waals surface area contributed by atoms with Crippen molar-refractivity contribution in [3.05, 3.63) is 40.9 Å². The summed E-state index contributed by atoms with van der Waals surface area (Å²) in [5.41, 5.74) is 0.320. The molecule has 1 heterocycles. The number of carbonyl (C=O) groups excluding carboxylic acids is 1. The Morgan fingerprint density at radius 2 is 2.14 bits per heavy atom. The highest BCUT2D eigenvalue weighted by Crippen LogP contribution is 2.36. The number of aliphatic hydroxyl groups excluding tert-OH is 1. The number of halogens is 2. The smallest absolute Gasteiger partial charge is 0.233 e. The maximum Gasteiger partial charge on any atom is 0.233 e. The number of aromatic nitrogens is 1. The van der Waals surface area contributed by atoms with E-state index in [1.54, 1.807) is 0 Å². The number of hydrogen-bond donors (Lipinski definition) is 2. The van der Waals surface area contributed by atoms with Crippen LogP contribution in [-0.2, 0) is 14.6 Å². The van der Waals surface area contributed by atoms with E-state index in [0.717, 1.165) is 31.0 Å². The molecule has 2 unspecified atom stereocenters. The van der Waals surface area contributed by atoms with Crippen LogP contribution in [0.3, 0.4) is 0 Å². The maximum atomic E-state index is 14.4. The molecule has 3 rings (SSSR count). The Labute approximate surface area is 165 Å². The molecule has 0 bridgehead atoms. The van der Waals surface area contributed by atoms with Crippen LogP contribution in [0.2, 0.25) is 0 Å². The highest BCUT2D eigenvalue weighted by atomic mass is 32.2. The minimum absolute atomic E-state index is 0.0661. The molecular formula is C18H20F2N2O4S2. The number of nitrogens with one attached hydrogen (secondary N) is 1. The minimum atomic E-state index is -3.73. The minimum Gasteiger partial charge on any atom is -0.393 e. The van der Waals surface area contributed by atoms with E-state index in [1.807, 2.05) is 0 Å². The molecule has 2 aromatic rings. The van der Waals surface area contributed by atoms with Gasteiger partial charge < -0.3 is 10.4 Å². The molecule has 1 aromatic heterocycles. The number of sulfone groups is 1. The zero-order valence-electron chi connectivity index (χ0n) is 15.1. The highest BCUT2D eigenvalue weighted by molar-refractivity contribution is 7.90. The summed E-state index contributed by atoms with van der Waals surface area (Å²) in [5, 5.41) is 11.8. The van der Waals surface area contributed by atoms with Gasteiger partial charge in [-0.2, -0.15) is 4.39 Å². The second-order valence-electron chi connectivity index (χ2n) is 7.04. The molecule has 0 radical (unpaired) electrons. The third kappa shape index (κ3) is 4.92. The van der Waals surface area contributed by atoms with Crippen molar-refractivity contribution < 1.29 is 27.1 Å². The molecule has 1 saturated carbocycles. The first-order chi connectivity index (χ1) is 13.1. The van der Waals surface area contributed by atoms with Crippen LogP contribution >= 0.6 is 11.3 Å². The number of amides is 1. The zero-order chi connectivity index (χ0) is 20.5. The molecule has 3 atom stereocenters. The summed E-state index contributed by atoms with van der Waals surface area (Å²) in [4.78, 5) is 16.1. The topological polar surface area (TPSA) is 96.4 Å². The number of nitrogens with zero attached hydrogens (tertiary/aromatic N) is 1. The third-order valence-electron chi connectivity index (χ3n) is 4.86. The van der Waals surface area contributed by atoms with E-state index in [4.69, 9.17) is 0 Å². The molecule has 10 heteroatoms. The van der Waals surface area contributed by atoms with Crippen molar-refractivity contribution in [2.24, 2.45) is 5.92 Å². The van der Waals surface area contributed by atoms with Gasteiger partial charge in [-0.1, -0.05) is 17.4 Å². The van der Waals surface area contributed by atoms with Gasteiger partial charge in [0.05, 0.1) is 18.2 Å². The first-order valence-corrected chi connectivity index (χ1v) is 11.4. The lowest BCUT2D eigenvalue weighted by molar-refractivity contribution is -0.118. The van der Waals surface area contributed by atoms with E-state index in [1.165, 1.54) is 6.07 Å². The summed E-state index contributed by atoms with van der Waals surface area (Å²) in [5.74, 6) is -2.13. The fraction of sp³-hybridized carbons (Fsp3) is 0.444. The zero-order valence-corrected chi connectivity index (χ0v) is 16.7. The third-order valence-corrected chi connectivity index (χ3v) is 6.70. The molecule has 2 N–H and O–H groups in total. The van der Waals surface area contributed by atoms with Crippen molar-refractivity contribution in [2.45, 2.75) is 42.6 Å². The predicted molar refractivity (Wildman–Crippen MR) is 101 cm³/mol. The Balaban J connectivity index is 1.89. The van der Waals surface area contributed by atoms with E-state index < -0.39 is 43.6 Å². The van der Waals surface area contributed by atoms with E-state index in [-0.39, 0.29) is 11.0 Å². The number of rotatable bonds is 6. The molecule has 152 valence electrons. The molecular weight excluding hydrogens is 410 g/mol. The molecule has 1 amide bonds. The van der Waals surface area contributed by atoms with Crippen molar-refractivity contribution in [3.63, 3.8) is 0 Å². The second kappa shape index (κ2) is 8.22. The van der Waals surface area contributed by atoms with Crippen LogP contribution in [0.5, 0.6) is 0 Å². The SMILES string of the molecule is CS(=O)(=O)c1ccc([C@@H](CC2CCC(O)C2)C(=O)Nc2ncc(F)s2)cc1F. The number of anilines is 1. The average molecular weight is 430 g/mol. The van der Waals surface area contributed by atoms with Crippen LogP contribution < -0.4 is 5.32 Å². The maximum absolute atomic E-state index is 14.4. The van der Waals surface area contributed by atoms with Crippen molar-refractivity contribution >= 4 is 32.2 Å². The Morgan fingerprint density at radius 3 is 2.68 bits per heavy atom. The first-order valence-electron chi connectivity index (χ1n) is 8.73. The summed E-state index contributed by atoms with van der Waals surface area (Å²) in [6, 6.07) is 3.61. The standard InChI is InChI=1S/C18H20F2N2O4S2/c1-28(25,26)15-5-3-11(8-14(15)19)13(7-10-2-4-12(23)6-10)17(24)22-18-21-9-16(20)27-18/h3,5,8-10,12-13,23H,2,4,6-7H2,1H3,(H,21,22,24)/t10?,12?,13-/m1/s1. The predicted octanol–water partition coefficient (Wildman–Crippen LogP) is 3.10. The fourth-order valence-corrected chi connectivity index (χ4v) is 4.81. The molecule has 0 aliphatic heterocycles. The van der Waals surface area contributed by atoms with Crippen molar-refractivity contribution in [2.75, 3.05) is 11.6 Å². The number of thiazole rings is 1. The lowest BCUT2D eigenvalue weighted by atomic mass is 9.87. The summed E-state index contributed by atoms with van der Waals surface area (Å²) in [7, 11) is -3.73. The van der Waals surface area contributed by atoms with Crippen molar-refractivity contribution in [1.29, 1.82) is 0 Å². The number of hydrogen-bond acceptors (Lipinski definition) is 6. The first kappa shape index (κ1) is 20.8. The van der Waals surface area contributed by atoms with Gasteiger partial charge in [0, 0.05) is 6.26 Å². The van der Waals surface area contributed by atoms with Crippen LogP contribution in [-0.4, -0.2) is 36.8 Å². The van der Waals surface area contributed by atoms with Gasteiger partial charge in [0.25, 0.3) is 0 Å². The molecule has 0 spiro atoms. The van der Waals surface area contributed by atoms with E-state index in [2.05, 4.69) is 10.3 Å². The van der Waals surface area contributed by atoms with Crippen molar-refractivity contribution in [1.82, 2.24) is 4.98 Å². The largest absolute Gasteiger partial charge is 0.393 e. The number of benzene rings is 1. The van der Waals surface area contributed by atoms with Gasteiger partial charge in [-0.25, -0.2) is 17.8 Å². The van der Waals surface area contributed by atoms with Gasteiger partial charge >= 0.3 is 0 Å². The Hall–Kier alpha value is -1.91. The monoisotopic (exact) mass is 430 g/mol. The highest BCUT2D eigenvalue weighted by Gasteiger charge is 2.31. The van der Waals surface area contributed by atoms with Crippen LogP contribution in [0.4, 0.5) is 13.9 Å². The van der Waals surface area contributed by atoms with Gasteiger partial charge in [0.2, 0.25) is 5.91 Å². The molecule has 28 heavy (non-hydrogen) atoms. The van der Waals surface area contributed by atoms with Crippen molar-refractivity contribution in [3.8, 4) is 0 Å². The summed E-state index contributed by atoms with van der Waals surface area (Å²) in [6.45, 7) is 0. The Bertz CT molecular complexity index is 978. The summed E-state index contributed by atoms with van der Waals surface area (Å²) >= 11 is 0.678. The number of aliphatic hydroxyl groups is 1. The quantitative estimate of drug-likeness (QED) is 0.734. The van der Waals surface area contributed by atoms with Gasteiger partial charge in [-0.05, 0) is 49.3 Å². The molecule has 6 nitrogen and oxygen atoms in total. The van der Waals surface area contributed by atoms with Crippen LogP contribution in [0, 0.1) is 16.9 Å². The van der Waals surface area contributed by atoms with Crippen LogP contribution in [0.1, 0.15) is 37.2 Å². The average Bonchev–Trinajstić information content (AvgIpc) is 3.19. The lowest BCUT2D eigenvalue weighted by Crippen LogP contribution is -2.23. The molecule has 1 aromatic carbocycles. The van der Waals surface area contributed by atoms with Gasteiger partial charge in [-0.15, -0.1) is 0 Å². The van der Waals surface area contributed by atoms with Crippen LogP contribution in [0.25, 0.3) is 0 Å². The molecule has 1 fully saturated rings. The molecule has 1 aliphatic carbocycles. The van der Waals surface area contributed by atoms with Gasteiger partial charge in [0.15, 0.2) is 20.1 Å². The number of carbonyl (C=O) groups is 1. The Kier molecular flexibility index (Phi) is 6.11. The summed E-state index contributed by atoms with van der Waals surface area (Å²) in [6.07, 6.45) is 3.74. The van der Waals surface area contributed by atoms with Gasteiger partial charge in [-0.3, -0.25) is 4.79 Å². The van der Waals surface area contributed by atoms with Crippen LogP contribution in [0.15, 0.2) is 29.3 Å². The fourth-order valence-electron chi connectivity index (χ4n) is 3.53. The van der Waals surface area contributed by atoms with E-state index in [0.29, 0.717) is 36.2 Å². The van der Waals surface area contributed by atoms with E-state index >= 15 is 0 Å². The molecule has 0 saturated heterocycles. The second-order valence-corrected chi connectivity index (χ2v) is 10.0. The normalized spacial score (nSPS) is 20.9.